The minimum Gasteiger partial charge on any atom is -0.378 e. The molecule has 3 unspecified atom stereocenters. The first-order valence-corrected chi connectivity index (χ1v) is 7.42. The molecule has 2 rings (SSSR count). The lowest BCUT2D eigenvalue weighted by molar-refractivity contribution is -0.125. The molecule has 3 atom stereocenters. The van der Waals surface area contributed by atoms with Crippen LogP contribution in [0.2, 0.25) is 0 Å². The average molecular weight is 254 g/mol. The fourth-order valence-electron chi connectivity index (χ4n) is 2.96. The Kier molecular flexibility index (Phi) is 5.45. The van der Waals surface area contributed by atoms with Crippen LogP contribution < -0.4 is 11.1 Å². The van der Waals surface area contributed by atoms with Gasteiger partial charge >= 0.3 is 0 Å². The number of carbonyl (C=O) groups is 1. The minimum atomic E-state index is 0.115. The highest BCUT2D eigenvalue weighted by Gasteiger charge is 2.24. The molecule has 1 aliphatic carbocycles. The van der Waals surface area contributed by atoms with Crippen molar-refractivity contribution >= 4 is 5.91 Å². The summed E-state index contributed by atoms with van der Waals surface area (Å²) in [7, 11) is 0. The van der Waals surface area contributed by atoms with E-state index >= 15 is 0 Å². The Bertz CT molecular complexity index is 265. The van der Waals surface area contributed by atoms with Crippen molar-refractivity contribution < 1.29 is 9.53 Å². The van der Waals surface area contributed by atoms with Crippen molar-refractivity contribution in [1.29, 1.82) is 0 Å². The van der Waals surface area contributed by atoms with Gasteiger partial charge in [-0.15, -0.1) is 0 Å². The van der Waals surface area contributed by atoms with Crippen LogP contribution in [0.15, 0.2) is 0 Å². The van der Waals surface area contributed by atoms with Crippen molar-refractivity contribution in [3.05, 3.63) is 0 Å². The summed E-state index contributed by atoms with van der Waals surface area (Å²) in [5.74, 6) is 0.115. The molecule has 1 saturated heterocycles. The van der Waals surface area contributed by atoms with Crippen molar-refractivity contribution in [2.24, 2.45) is 5.73 Å². The van der Waals surface area contributed by atoms with E-state index in [-0.39, 0.29) is 24.1 Å². The highest BCUT2D eigenvalue weighted by atomic mass is 16.5. The van der Waals surface area contributed by atoms with Gasteiger partial charge < -0.3 is 15.8 Å². The van der Waals surface area contributed by atoms with Crippen molar-refractivity contribution in [2.45, 2.75) is 76.0 Å². The van der Waals surface area contributed by atoms with Crippen LogP contribution in [0.1, 0.15) is 57.8 Å². The smallest absolute Gasteiger partial charge is 0.222 e. The lowest BCUT2D eigenvalue weighted by Crippen LogP contribution is -2.47. The standard InChI is InChI=1S/C14H26N2O2/c15-12-7-2-1-3-8-13(12)16-14(17)10-11-6-4-5-9-18-11/h11-13H,1-10,15H2,(H,16,17). The van der Waals surface area contributed by atoms with Gasteiger partial charge in [0.05, 0.1) is 12.5 Å². The fourth-order valence-corrected chi connectivity index (χ4v) is 2.96. The summed E-state index contributed by atoms with van der Waals surface area (Å²) in [4.78, 5) is 12.0. The lowest BCUT2D eigenvalue weighted by atomic mass is 10.0. The van der Waals surface area contributed by atoms with Crippen LogP contribution in [0, 0.1) is 0 Å². The molecule has 1 saturated carbocycles. The van der Waals surface area contributed by atoms with Crippen LogP contribution in [0.5, 0.6) is 0 Å². The topological polar surface area (TPSA) is 64.3 Å². The molecular formula is C14H26N2O2. The van der Waals surface area contributed by atoms with Gasteiger partial charge in [-0.05, 0) is 32.1 Å². The number of hydrogen-bond acceptors (Lipinski definition) is 3. The van der Waals surface area contributed by atoms with Gasteiger partial charge in [-0.3, -0.25) is 4.79 Å². The van der Waals surface area contributed by atoms with E-state index in [1.54, 1.807) is 0 Å². The van der Waals surface area contributed by atoms with E-state index in [0.717, 1.165) is 32.3 Å². The van der Waals surface area contributed by atoms with E-state index in [4.69, 9.17) is 10.5 Å². The third kappa shape index (κ3) is 4.25. The number of ether oxygens (including phenoxy) is 1. The molecule has 0 radical (unpaired) electrons. The Balaban J connectivity index is 1.74. The summed E-state index contributed by atoms with van der Waals surface area (Å²) >= 11 is 0. The van der Waals surface area contributed by atoms with E-state index < -0.39 is 0 Å². The largest absolute Gasteiger partial charge is 0.378 e. The second kappa shape index (κ2) is 7.10. The maximum Gasteiger partial charge on any atom is 0.222 e. The molecule has 0 aromatic heterocycles. The quantitative estimate of drug-likeness (QED) is 0.754. The van der Waals surface area contributed by atoms with Crippen LogP contribution in [0.25, 0.3) is 0 Å². The van der Waals surface area contributed by atoms with E-state index in [2.05, 4.69) is 5.32 Å². The number of rotatable bonds is 3. The molecular weight excluding hydrogens is 228 g/mol. The molecule has 2 aliphatic rings. The molecule has 1 heterocycles. The Morgan fingerprint density at radius 2 is 1.89 bits per heavy atom. The zero-order valence-corrected chi connectivity index (χ0v) is 11.2. The normalized spacial score (nSPS) is 33.7. The van der Waals surface area contributed by atoms with E-state index in [9.17, 15) is 4.79 Å². The predicted octanol–water partition coefficient (Wildman–Crippen LogP) is 1.72. The zero-order chi connectivity index (χ0) is 12.8. The van der Waals surface area contributed by atoms with Gasteiger partial charge in [-0.25, -0.2) is 0 Å². The van der Waals surface area contributed by atoms with Crippen molar-refractivity contribution in [3.63, 3.8) is 0 Å². The zero-order valence-electron chi connectivity index (χ0n) is 11.2. The van der Waals surface area contributed by atoms with Crippen LogP contribution in [0.3, 0.4) is 0 Å². The maximum atomic E-state index is 12.0. The highest BCUT2D eigenvalue weighted by molar-refractivity contribution is 5.76. The fraction of sp³-hybridized carbons (Fsp3) is 0.929. The van der Waals surface area contributed by atoms with Crippen molar-refractivity contribution in [1.82, 2.24) is 5.32 Å². The van der Waals surface area contributed by atoms with Crippen LogP contribution in [-0.4, -0.2) is 30.7 Å². The molecule has 3 N–H and O–H groups in total. The van der Waals surface area contributed by atoms with Crippen molar-refractivity contribution in [3.8, 4) is 0 Å². The summed E-state index contributed by atoms with van der Waals surface area (Å²) in [6.07, 6.45) is 9.63. The Morgan fingerprint density at radius 3 is 2.67 bits per heavy atom. The first kappa shape index (κ1) is 13.8. The summed E-state index contributed by atoms with van der Waals surface area (Å²) in [5, 5.41) is 3.11. The molecule has 0 spiro atoms. The summed E-state index contributed by atoms with van der Waals surface area (Å²) < 4.78 is 5.60. The molecule has 1 amide bonds. The maximum absolute atomic E-state index is 12.0. The van der Waals surface area contributed by atoms with Gasteiger partial charge in [0.25, 0.3) is 0 Å². The predicted molar refractivity (Wildman–Crippen MR) is 71.2 cm³/mol. The number of carbonyl (C=O) groups excluding carboxylic acids is 1. The van der Waals surface area contributed by atoms with Gasteiger partial charge in [-0.1, -0.05) is 19.3 Å². The number of hydrogen-bond donors (Lipinski definition) is 2. The number of nitrogens with one attached hydrogen (secondary N) is 1. The van der Waals surface area contributed by atoms with Gasteiger partial charge in [0.1, 0.15) is 0 Å². The molecule has 18 heavy (non-hydrogen) atoms. The highest BCUT2D eigenvalue weighted by Crippen LogP contribution is 2.18. The molecule has 2 fully saturated rings. The van der Waals surface area contributed by atoms with Gasteiger partial charge in [0, 0.05) is 18.7 Å². The molecule has 4 nitrogen and oxygen atoms in total. The van der Waals surface area contributed by atoms with Crippen molar-refractivity contribution in [2.75, 3.05) is 6.61 Å². The second-order valence-electron chi connectivity index (χ2n) is 5.67. The molecule has 0 bridgehead atoms. The van der Waals surface area contributed by atoms with Crippen LogP contribution >= 0.6 is 0 Å². The number of nitrogens with two attached hydrogens (primary N) is 1. The van der Waals surface area contributed by atoms with E-state index in [1.165, 1.54) is 25.7 Å². The summed E-state index contributed by atoms with van der Waals surface area (Å²) in [6, 6.07) is 0.298. The lowest BCUT2D eigenvalue weighted by Gasteiger charge is -2.26. The minimum absolute atomic E-state index is 0.115. The second-order valence-corrected chi connectivity index (χ2v) is 5.67. The molecule has 104 valence electrons. The number of amides is 1. The van der Waals surface area contributed by atoms with E-state index in [1.807, 2.05) is 0 Å². The Morgan fingerprint density at radius 1 is 1.11 bits per heavy atom. The summed E-state index contributed by atoms with van der Waals surface area (Å²) in [5.41, 5.74) is 6.11. The Labute approximate surface area is 110 Å². The Hall–Kier alpha value is -0.610. The SMILES string of the molecule is NC1CCCCCC1NC(=O)CC1CCCCO1. The van der Waals surface area contributed by atoms with Gasteiger partial charge in [0.15, 0.2) is 0 Å². The molecule has 1 aliphatic heterocycles. The molecule has 0 aromatic carbocycles. The third-order valence-corrected chi connectivity index (χ3v) is 4.10. The first-order valence-electron chi connectivity index (χ1n) is 7.42. The van der Waals surface area contributed by atoms with Gasteiger partial charge in [0.2, 0.25) is 5.91 Å². The van der Waals surface area contributed by atoms with Gasteiger partial charge in [-0.2, -0.15) is 0 Å². The molecule has 4 heteroatoms. The van der Waals surface area contributed by atoms with Crippen LogP contribution in [0.4, 0.5) is 0 Å². The van der Waals surface area contributed by atoms with Crippen LogP contribution in [-0.2, 0) is 9.53 Å². The average Bonchev–Trinajstić information content (AvgIpc) is 2.56. The summed E-state index contributed by atoms with van der Waals surface area (Å²) in [6.45, 7) is 0.806. The monoisotopic (exact) mass is 254 g/mol. The first-order chi connectivity index (χ1) is 8.75. The van der Waals surface area contributed by atoms with E-state index in [0.29, 0.717) is 6.42 Å². The molecule has 0 aromatic rings. The third-order valence-electron chi connectivity index (χ3n) is 4.10.